The number of aryl methyl sites for hydroxylation is 2. The van der Waals surface area contributed by atoms with Gasteiger partial charge in [-0.05, 0) is 151 Å². The molecule has 2 N–H and O–H groups in total. The first-order valence-electron chi connectivity index (χ1n) is 23.6. The highest BCUT2D eigenvalue weighted by Crippen LogP contribution is 2.34. The molecule has 68 heavy (non-hydrogen) atoms. The number of sulfonamides is 2. The molecule has 364 valence electrons. The van der Waals surface area contributed by atoms with Crippen LogP contribution in [-0.4, -0.2) is 108 Å². The molecule has 19 heteroatoms. The minimum atomic E-state index is -3.66. The molecular weight excluding hydrogens is 913 g/mol. The quantitative estimate of drug-likeness (QED) is 0.0953. The molecule has 0 radical (unpaired) electrons. The van der Waals surface area contributed by atoms with Gasteiger partial charge in [0.15, 0.2) is 5.78 Å². The highest BCUT2D eigenvalue weighted by Gasteiger charge is 2.39. The average Bonchev–Trinajstić information content (AvgIpc) is 3.81. The minimum Gasteiger partial charge on any atom is -0.415 e. The number of carbonyl (C=O) groups excluding carboxylic acids is 1. The molecule has 5 aromatic rings. The van der Waals surface area contributed by atoms with Crippen molar-refractivity contribution < 1.29 is 34.8 Å². The molecule has 2 aromatic carbocycles. The second kappa shape index (κ2) is 21.6. The third-order valence-corrected chi connectivity index (χ3v) is 18.4. The van der Waals surface area contributed by atoms with Crippen molar-refractivity contribution in [3.8, 4) is 11.5 Å². The predicted molar refractivity (Wildman–Crippen MR) is 257 cm³/mol. The number of nitrogens with two attached hydrogens (primary N) is 1. The Hall–Kier alpha value is -5.21. The molecule has 9 rings (SSSR count). The zero-order valence-electron chi connectivity index (χ0n) is 38.7. The molecule has 2 aliphatic heterocycles. The smallest absolute Gasteiger partial charge is 0.314 e. The number of piperidine rings is 2. The predicted octanol–water partition coefficient (Wildman–Crippen LogP) is 7.62. The minimum absolute atomic E-state index is 0.0566. The van der Waals surface area contributed by atoms with Crippen LogP contribution in [0.3, 0.4) is 0 Å². The van der Waals surface area contributed by atoms with Crippen molar-refractivity contribution >= 4 is 37.2 Å². The van der Waals surface area contributed by atoms with E-state index in [4.69, 9.17) is 10.2 Å². The summed E-state index contributed by atoms with van der Waals surface area (Å²) in [5.74, 6) is -1.01. The van der Waals surface area contributed by atoms with Gasteiger partial charge in [0.25, 0.3) is 5.89 Å². The maximum absolute atomic E-state index is 13.9. The summed E-state index contributed by atoms with van der Waals surface area (Å²) in [6.45, 7) is 7.27. The van der Waals surface area contributed by atoms with Crippen molar-refractivity contribution in [1.29, 1.82) is 0 Å². The second-order valence-corrected chi connectivity index (χ2v) is 22.6. The number of halogens is 2. The third kappa shape index (κ3) is 11.4. The van der Waals surface area contributed by atoms with Gasteiger partial charge in [-0.25, -0.2) is 16.8 Å². The molecule has 2 aliphatic carbocycles. The van der Waals surface area contributed by atoms with Crippen molar-refractivity contribution in [3.63, 3.8) is 0 Å². The van der Waals surface area contributed by atoms with Crippen molar-refractivity contribution in [2.24, 2.45) is 5.73 Å². The molecule has 0 bridgehead atoms. The topological polar surface area (TPSA) is 189 Å². The number of hydrogen-bond acceptors (Lipinski definition) is 13. The van der Waals surface area contributed by atoms with Gasteiger partial charge in [0.2, 0.25) is 25.9 Å². The second-order valence-electron chi connectivity index (χ2n) is 18.4. The highest BCUT2D eigenvalue weighted by atomic mass is 32.2. The molecule has 0 atom stereocenters. The number of hydrogen-bond donors (Lipinski definition) is 1. The Balaban J connectivity index is 0.000000185. The Morgan fingerprint density at radius 3 is 1.54 bits per heavy atom. The number of aromatic nitrogens is 4. The van der Waals surface area contributed by atoms with E-state index in [0.29, 0.717) is 71.7 Å². The Labute approximate surface area is 398 Å². The van der Waals surface area contributed by atoms with Gasteiger partial charge in [0.1, 0.15) is 0 Å². The monoisotopic (exact) mass is 973 g/mol. The van der Waals surface area contributed by atoms with E-state index in [1.54, 1.807) is 30.3 Å². The molecule has 0 amide bonds. The fourth-order valence-corrected chi connectivity index (χ4v) is 13.1. The molecule has 0 spiro atoms. The van der Waals surface area contributed by atoms with Gasteiger partial charge < -0.3 is 20.0 Å². The number of pyridine rings is 2. The number of Topliss-reactive ketones (excluding diaryl/α,β-unsaturated/α-hetero) is 1. The fourth-order valence-electron chi connectivity index (χ4n) is 9.34. The van der Waals surface area contributed by atoms with Crippen LogP contribution in [0.4, 0.5) is 20.2 Å². The lowest BCUT2D eigenvalue weighted by molar-refractivity contribution is 0.100. The lowest BCUT2D eigenvalue weighted by Crippen LogP contribution is -2.49. The van der Waals surface area contributed by atoms with E-state index in [9.17, 15) is 30.4 Å². The van der Waals surface area contributed by atoms with E-state index in [2.05, 4.69) is 30.0 Å². The molecule has 0 unspecified atom stereocenters. The van der Waals surface area contributed by atoms with Gasteiger partial charge in [0, 0.05) is 30.0 Å². The summed E-state index contributed by atoms with van der Waals surface area (Å²) in [6, 6.07) is 22.9. The summed E-state index contributed by atoms with van der Waals surface area (Å²) in [4.78, 5) is 25.4. The molecule has 2 saturated heterocycles. The summed E-state index contributed by atoms with van der Waals surface area (Å²) in [5, 5.41) is 6.11. The summed E-state index contributed by atoms with van der Waals surface area (Å²) < 4.78 is 88.8. The Morgan fingerprint density at radius 1 is 0.691 bits per heavy atom. The average molecular weight is 974 g/mol. The van der Waals surface area contributed by atoms with Gasteiger partial charge >= 0.3 is 6.43 Å². The van der Waals surface area contributed by atoms with Crippen LogP contribution in [0.5, 0.6) is 0 Å². The normalized spacial score (nSPS) is 18.1. The van der Waals surface area contributed by atoms with E-state index in [1.165, 1.54) is 59.5 Å². The van der Waals surface area contributed by atoms with Gasteiger partial charge in [-0.3, -0.25) is 23.4 Å². The lowest BCUT2D eigenvalue weighted by Gasteiger charge is -2.42. The molecule has 15 nitrogen and oxygen atoms in total. The van der Waals surface area contributed by atoms with Crippen LogP contribution in [0.1, 0.15) is 109 Å². The van der Waals surface area contributed by atoms with Gasteiger partial charge in [-0.2, -0.15) is 8.78 Å². The Bertz CT molecular complexity index is 2700. The zero-order valence-corrected chi connectivity index (χ0v) is 40.3. The summed E-state index contributed by atoms with van der Waals surface area (Å²) in [5.41, 5.74) is 10.6. The van der Waals surface area contributed by atoms with E-state index in [1.807, 2.05) is 56.3 Å². The van der Waals surface area contributed by atoms with Crippen LogP contribution in [0.25, 0.3) is 11.5 Å². The van der Waals surface area contributed by atoms with E-state index < -0.39 is 42.9 Å². The Morgan fingerprint density at radius 2 is 1.18 bits per heavy atom. The van der Waals surface area contributed by atoms with Crippen LogP contribution in [0.2, 0.25) is 0 Å². The van der Waals surface area contributed by atoms with Crippen molar-refractivity contribution in [3.05, 3.63) is 119 Å². The zero-order chi connectivity index (χ0) is 48.0. The molecule has 3 aromatic heterocycles. The van der Waals surface area contributed by atoms with E-state index >= 15 is 0 Å². The highest BCUT2D eigenvalue weighted by molar-refractivity contribution is 7.93. The molecule has 4 aliphatic rings. The number of anilines is 2. The molecule has 5 heterocycles. The molecule has 4 fully saturated rings. The first kappa shape index (κ1) is 49.2. The van der Waals surface area contributed by atoms with E-state index in [-0.39, 0.29) is 31.3 Å². The van der Waals surface area contributed by atoms with E-state index in [0.717, 1.165) is 37.3 Å². The molecular formula is C49H61F2N9O6S2. The number of benzene rings is 2. The first-order valence-corrected chi connectivity index (χ1v) is 26.6. The largest absolute Gasteiger partial charge is 0.415 e. The number of ketones is 1. The van der Waals surface area contributed by atoms with Crippen LogP contribution in [0, 0.1) is 13.8 Å². The molecule has 2 saturated carbocycles. The first-order chi connectivity index (χ1) is 32.7. The number of likely N-dealkylation sites (tertiary alicyclic amines) is 2. The van der Waals surface area contributed by atoms with Gasteiger partial charge in [0.05, 0.1) is 58.5 Å². The summed E-state index contributed by atoms with van der Waals surface area (Å²) in [7, 11) is -7.24. The standard InChI is InChI=1S/C25H29F2N5O3S.C24H32N4O3S/c1-17-4-2-7-21(14-17)32(36(33,34)22-10-12-31(13-11-22)20-5-3-6-20)16-19-9-8-18(15-28-19)24-29-30-25(35-24)23(26)27;1-18-4-2-7-22(14-18)28(17-20-9-8-19(16-26-20)24(29)15-25)32(30,31)23-10-12-27(13-11-23)21-5-3-6-21/h2,4,7-9,14-15,20,22-23H,3,5-6,10-13,16H2,1H3;2,4,7-9,14,16,21,23H,3,5-6,10-13,15,17,25H2,1H3. The van der Waals surface area contributed by atoms with Crippen LogP contribution < -0.4 is 14.3 Å². The van der Waals surface area contributed by atoms with Crippen LogP contribution >= 0.6 is 0 Å². The third-order valence-electron chi connectivity index (χ3n) is 13.8. The number of nitrogens with zero attached hydrogens (tertiary/aromatic N) is 8. The van der Waals surface area contributed by atoms with Gasteiger partial charge in [-0.15, -0.1) is 10.2 Å². The van der Waals surface area contributed by atoms with Gasteiger partial charge in [-0.1, -0.05) is 37.1 Å². The Kier molecular flexibility index (Phi) is 15.6. The summed E-state index contributed by atoms with van der Waals surface area (Å²) >= 11 is 0. The number of alkyl halides is 2. The van der Waals surface area contributed by atoms with Crippen LogP contribution in [0.15, 0.2) is 89.6 Å². The summed E-state index contributed by atoms with van der Waals surface area (Å²) in [6.07, 6.45) is 10.0. The van der Waals surface area contributed by atoms with Crippen LogP contribution in [-0.2, 0) is 33.1 Å². The fraction of sp³-hybridized carbons (Fsp3) is 0.490. The number of rotatable bonds is 16. The SMILES string of the molecule is Cc1cccc(N(Cc2ccc(-c3nnc(C(F)F)o3)cn2)S(=O)(=O)C2CCN(C3CCC3)CC2)c1.Cc1cccc(N(Cc2ccc(C(=O)CN)cn2)S(=O)(=O)C2CCN(C3CCC3)CC2)c1. The van der Waals surface area contributed by atoms with Crippen molar-refractivity contribution in [1.82, 2.24) is 30.0 Å². The van der Waals surface area contributed by atoms with Crippen molar-refractivity contribution in [2.45, 2.75) is 120 Å². The number of carbonyl (C=O) groups is 1. The maximum Gasteiger partial charge on any atom is 0.314 e. The lowest BCUT2D eigenvalue weighted by atomic mass is 9.90. The maximum atomic E-state index is 13.9. The van der Waals surface area contributed by atoms with Crippen molar-refractivity contribution in [2.75, 3.05) is 41.3 Å².